The summed E-state index contributed by atoms with van der Waals surface area (Å²) in [4.78, 5) is 26.1. The number of ether oxygens (including phenoxy) is 1. The molecular weight excluding hydrogens is 332 g/mol. The molecule has 138 valence electrons. The summed E-state index contributed by atoms with van der Waals surface area (Å²) in [7, 11) is 0. The summed E-state index contributed by atoms with van der Waals surface area (Å²) in [5.74, 6) is 0.855. The van der Waals surface area contributed by atoms with Gasteiger partial charge in [0.05, 0.1) is 6.26 Å². The zero-order chi connectivity index (χ0) is 18.5. The lowest BCUT2D eigenvalue weighted by atomic mass is 10.0. The molecule has 0 aliphatic carbocycles. The molecule has 0 radical (unpaired) electrons. The van der Waals surface area contributed by atoms with Gasteiger partial charge in [-0.05, 0) is 56.0 Å². The topological polar surface area (TPSA) is 71.8 Å². The molecule has 1 aromatic carbocycles. The van der Waals surface area contributed by atoms with Crippen LogP contribution in [0.15, 0.2) is 41.0 Å². The largest absolute Gasteiger partial charge is 0.483 e. The molecule has 1 saturated heterocycles. The number of furan rings is 1. The van der Waals surface area contributed by atoms with E-state index in [1.54, 1.807) is 17.0 Å². The first kappa shape index (κ1) is 18.0. The Morgan fingerprint density at radius 2 is 1.96 bits per heavy atom. The zero-order valence-corrected chi connectivity index (χ0v) is 15.2. The molecule has 1 N–H and O–H groups in total. The summed E-state index contributed by atoms with van der Waals surface area (Å²) in [5.41, 5.74) is 2.18. The van der Waals surface area contributed by atoms with Crippen LogP contribution in [-0.4, -0.2) is 42.5 Å². The lowest BCUT2D eigenvalue weighted by molar-refractivity contribution is -0.124. The van der Waals surface area contributed by atoms with Crippen LogP contribution in [0.5, 0.6) is 5.75 Å². The third kappa shape index (κ3) is 4.25. The van der Waals surface area contributed by atoms with Crippen molar-refractivity contribution in [2.75, 3.05) is 19.7 Å². The predicted octanol–water partition coefficient (Wildman–Crippen LogP) is 2.70. The van der Waals surface area contributed by atoms with E-state index in [9.17, 15) is 9.59 Å². The molecular formula is C20H24N2O4. The summed E-state index contributed by atoms with van der Waals surface area (Å²) in [6.45, 7) is 5.19. The van der Waals surface area contributed by atoms with E-state index in [0.29, 0.717) is 18.8 Å². The van der Waals surface area contributed by atoms with Gasteiger partial charge < -0.3 is 19.4 Å². The quantitative estimate of drug-likeness (QED) is 0.894. The molecule has 2 amide bonds. The fraction of sp³-hybridized carbons (Fsp3) is 0.400. The first-order valence-electron chi connectivity index (χ1n) is 8.86. The second-order valence-electron chi connectivity index (χ2n) is 6.60. The van der Waals surface area contributed by atoms with Crippen molar-refractivity contribution in [3.63, 3.8) is 0 Å². The number of hydrogen-bond acceptors (Lipinski definition) is 4. The van der Waals surface area contributed by atoms with Gasteiger partial charge in [-0.25, -0.2) is 0 Å². The number of aryl methyl sites for hydroxylation is 1. The molecule has 0 bridgehead atoms. The maximum absolute atomic E-state index is 12.2. The van der Waals surface area contributed by atoms with E-state index in [2.05, 4.69) is 5.32 Å². The van der Waals surface area contributed by atoms with E-state index in [-0.39, 0.29) is 24.5 Å². The van der Waals surface area contributed by atoms with Crippen LogP contribution >= 0.6 is 0 Å². The van der Waals surface area contributed by atoms with Crippen LogP contribution in [0.25, 0.3) is 0 Å². The molecule has 6 nitrogen and oxygen atoms in total. The van der Waals surface area contributed by atoms with E-state index in [1.165, 1.54) is 6.26 Å². The number of amides is 2. The fourth-order valence-electron chi connectivity index (χ4n) is 3.08. The molecule has 1 aliphatic rings. The fourth-order valence-corrected chi connectivity index (χ4v) is 3.08. The molecule has 3 rings (SSSR count). The number of carbonyl (C=O) groups excluding carboxylic acids is 2. The van der Waals surface area contributed by atoms with Crippen molar-refractivity contribution < 1.29 is 18.7 Å². The smallest absolute Gasteiger partial charge is 0.289 e. The number of benzene rings is 1. The highest BCUT2D eigenvalue weighted by atomic mass is 16.5. The second kappa shape index (κ2) is 8.08. The first-order chi connectivity index (χ1) is 12.5. The average molecular weight is 356 g/mol. The number of nitrogens with zero attached hydrogens (tertiary/aromatic N) is 1. The Morgan fingerprint density at radius 3 is 2.65 bits per heavy atom. The van der Waals surface area contributed by atoms with Crippen LogP contribution in [0.4, 0.5) is 0 Å². The molecule has 2 heterocycles. The molecule has 0 spiro atoms. The maximum Gasteiger partial charge on any atom is 0.289 e. The van der Waals surface area contributed by atoms with Gasteiger partial charge in [0.2, 0.25) is 0 Å². The van der Waals surface area contributed by atoms with Crippen LogP contribution in [-0.2, 0) is 4.79 Å². The Labute approximate surface area is 153 Å². The van der Waals surface area contributed by atoms with E-state index < -0.39 is 0 Å². The molecule has 26 heavy (non-hydrogen) atoms. The van der Waals surface area contributed by atoms with Crippen LogP contribution in [0.1, 0.15) is 34.5 Å². The number of nitrogens with one attached hydrogen (secondary N) is 1. The number of piperidine rings is 1. The highest BCUT2D eigenvalue weighted by molar-refractivity contribution is 5.91. The van der Waals surface area contributed by atoms with Gasteiger partial charge in [0.15, 0.2) is 12.4 Å². The summed E-state index contributed by atoms with van der Waals surface area (Å²) < 4.78 is 10.8. The van der Waals surface area contributed by atoms with Crippen molar-refractivity contribution in [3.8, 4) is 5.75 Å². The number of likely N-dealkylation sites (tertiary alicyclic amines) is 1. The molecule has 0 saturated carbocycles. The van der Waals surface area contributed by atoms with Gasteiger partial charge >= 0.3 is 0 Å². The Balaban J connectivity index is 1.43. The van der Waals surface area contributed by atoms with Gasteiger partial charge in [-0.2, -0.15) is 0 Å². The highest BCUT2D eigenvalue weighted by Crippen LogP contribution is 2.20. The van der Waals surface area contributed by atoms with Crippen molar-refractivity contribution in [1.29, 1.82) is 0 Å². The monoisotopic (exact) mass is 356 g/mol. The molecule has 0 unspecified atom stereocenters. The molecule has 1 fully saturated rings. The SMILES string of the molecule is Cc1cccc(OCC(=O)NC2CCN(C(=O)c3ccco3)CC2)c1C. The molecule has 1 aliphatic heterocycles. The Hall–Kier alpha value is -2.76. The lowest BCUT2D eigenvalue weighted by Crippen LogP contribution is -2.47. The third-order valence-electron chi connectivity index (χ3n) is 4.79. The predicted molar refractivity (Wildman–Crippen MR) is 97.2 cm³/mol. The summed E-state index contributed by atoms with van der Waals surface area (Å²) in [6, 6.07) is 9.23. The van der Waals surface area contributed by atoms with Crippen LogP contribution in [0.2, 0.25) is 0 Å². The summed E-state index contributed by atoms with van der Waals surface area (Å²) in [5, 5.41) is 2.99. The van der Waals surface area contributed by atoms with E-state index in [1.807, 2.05) is 32.0 Å². The molecule has 6 heteroatoms. The Bertz CT molecular complexity index is 762. The first-order valence-corrected chi connectivity index (χ1v) is 8.86. The number of hydrogen-bond donors (Lipinski definition) is 1. The highest BCUT2D eigenvalue weighted by Gasteiger charge is 2.25. The minimum absolute atomic E-state index is 0.00413. The van der Waals surface area contributed by atoms with Crippen molar-refractivity contribution in [2.45, 2.75) is 32.7 Å². The van der Waals surface area contributed by atoms with Gasteiger partial charge in [0, 0.05) is 19.1 Å². The standard InChI is InChI=1S/C20H24N2O4/c1-14-5-3-6-17(15(14)2)26-13-19(23)21-16-8-10-22(11-9-16)20(24)18-7-4-12-25-18/h3-7,12,16H,8-11,13H2,1-2H3,(H,21,23). The number of carbonyl (C=O) groups is 2. The van der Waals surface area contributed by atoms with Crippen molar-refractivity contribution in [1.82, 2.24) is 10.2 Å². The van der Waals surface area contributed by atoms with E-state index in [0.717, 1.165) is 29.7 Å². The minimum atomic E-state index is -0.137. The van der Waals surface area contributed by atoms with Gasteiger partial charge in [-0.3, -0.25) is 9.59 Å². The Kier molecular flexibility index (Phi) is 5.61. The van der Waals surface area contributed by atoms with Crippen LogP contribution in [0.3, 0.4) is 0 Å². The summed E-state index contributed by atoms with van der Waals surface area (Å²) in [6.07, 6.45) is 2.94. The lowest BCUT2D eigenvalue weighted by Gasteiger charge is -2.31. The molecule has 2 aromatic rings. The van der Waals surface area contributed by atoms with Crippen molar-refractivity contribution >= 4 is 11.8 Å². The van der Waals surface area contributed by atoms with Crippen LogP contribution < -0.4 is 10.1 Å². The molecule has 1 aromatic heterocycles. The van der Waals surface area contributed by atoms with Crippen LogP contribution in [0, 0.1) is 13.8 Å². The van der Waals surface area contributed by atoms with Gasteiger partial charge in [-0.15, -0.1) is 0 Å². The maximum atomic E-state index is 12.2. The zero-order valence-electron chi connectivity index (χ0n) is 15.2. The number of rotatable bonds is 5. The normalized spacial score (nSPS) is 14.9. The van der Waals surface area contributed by atoms with Crippen molar-refractivity contribution in [3.05, 3.63) is 53.5 Å². The minimum Gasteiger partial charge on any atom is -0.483 e. The van der Waals surface area contributed by atoms with E-state index in [4.69, 9.17) is 9.15 Å². The van der Waals surface area contributed by atoms with Gasteiger partial charge in [-0.1, -0.05) is 12.1 Å². The van der Waals surface area contributed by atoms with E-state index >= 15 is 0 Å². The Morgan fingerprint density at radius 1 is 1.19 bits per heavy atom. The van der Waals surface area contributed by atoms with Crippen molar-refractivity contribution in [2.24, 2.45) is 0 Å². The summed E-state index contributed by atoms with van der Waals surface area (Å²) >= 11 is 0. The van der Waals surface area contributed by atoms with Gasteiger partial charge in [0.25, 0.3) is 11.8 Å². The van der Waals surface area contributed by atoms with Gasteiger partial charge in [0.1, 0.15) is 5.75 Å². The molecule has 0 atom stereocenters. The third-order valence-corrected chi connectivity index (χ3v) is 4.79. The average Bonchev–Trinajstić information content (AvgIpc) is 3.18. The second-order valence-corrected chi connectivity index (χ2v) is 6.60.